The van der Waals surface area contributed by atoms with E-state index in [0.717, 1.165) is 25.8 Å². The highest BCUT2D eigenvalue weighted by Crippen LogP contribution is 1.94. The summed E-state index contributed by atoms with van der Waals surface area (Å²) in [7, 11) is 4.09. The first-order chi connectivity index (χ1) is 5.63. The van der Waals surface area contributed by atoms with Gasteiger partial charge < -0.3 is 4.90 Å². The summed E-state index contributed by atoms with van der Waals surface area (Å²) in [5.74, 6) is 0. The van der Waals surface area contributed by atoms with Crippen molar-refractivity contribution in [1.29, 1.82) is 0 Å². The third-order valence-electron chi connectivity index (χ3n) is 1.51. The first-order valence-electron chi connectivity index (χ1n) is 4.12. The summed E-state index contributed by atoms with van der Waals surface area (Å²) < 4.78 is 20.9. The Morgan fingerprint density at radius 2 is 2.00 bits per heavy atom. The number of rotatable bonds is 7. The molecular formula is C7H18N2O2S. The van der Waals surface area contributed by atoms with Crippen LogP contribution in [0.1, 0.15) is 19.3 Å². The second-order valence-corrected chi connectivity index (χ2v) is 3.79. The monoisotopic (exact) mass is 194 g/mol. The molecule has 0 aliphatic rings. The highest BCUT2D eigenvalue weighted by molar-refractivity contribution is 7.77. The molecule has 5 heteroatoms. The minimum atomic E-state index is -1.84. The minimum absolute atomic E-state index is 0.622. The second-order valence-electron chi connectivity index (χ2n) is 3.01. The van der Waals surface area contributed by atoms with E-state index in [1.165, 1.54) is 0 Å². The van der Waals surface area contributed by atoms with Crippen LogP contribution in [0.3, 0.4) is 0 Å². The Kier molecular flexibility index (Phi) is 7.69. The number of hydrogen-bond donors (Lipinski definition) is 2. The Morgan fingerprint density at radius 3 is 2.50 bits per heavy atom. The normalized spacial score (nSPS) is 13.7. The third kappa shape index (κ3) is 10.0. The lowest BCUT2D eigenvalue weighted by Crippen LogP contribution is -2.18. The lowest BCUT2D eigenvalue weighted by molar-refractivity contribution is 0.391. The van der Waals surface area contributed by atoms with Gasteiger partial charge in [0.2, 0.25) is 11.3 Å². The zero-order valence-electron chi connectivity index (χ0n) is 7.75. The van der Waals surface area contributed by atoms with Crippen LogP contribution in [-0.4, -0.2) is 40.8 Å². The van der Waals surface area contributed by atoms with Crippen LogP contribution in [0.15, 0.2) is 0 Å². The maximum Gasteiger partial charge on any atom is 0.231 e. The summed E-state index contributed by atoms with van der Waals surface area (Å²) in [6, 6.07) is 0. The molecule has 74 valence electrons. The van der Waals surface area contributed by atoms with Crippen molar-refractivity contribution in [2.75, 3.05) is 27.2 Å². The second kappa shape index (κ2) is 7.67. The van der Waals surface area contributed by atoms with Crippen molar-refractivity contribution >= 4 is 11.3 Å². The van der Waals surface area contributed by atoms with Gasteiger partial charge in [-0.15, -0.1) is 0 Å². The van der Waals surface area contributed by atoms with Crippen LogP contribution < -0.4 is 4.72 Å². The smallest absolute Gasteiger partial charge is 0.231 e. The van der Waals surface area contributed by atoms with Crippen LogP contribution in [0.4, 0.5) is 0 Å². The van der Waals surface area contributed by atoms with E-state index < -0.39 is 11.3 Å². The molecule has 0 amide bonds. The van der Waals surface area contributed by atoms with Gasteiger partial charge >= 0.3 is 0 Å². The van der Waals surface area contributed by atoms with Gasteiger partial charge in [0, 0.05) is 6.54 Å². The lowest BCUT2D eigenvalue weighted by Gasteiger charge is -2.08. The van der Waals surface area contributed by atoms with Crippen LogP contribution in [0, 0.1) is 0 Å². The molecule has 1 atom stereocenters. The molecule has 0 saturated carbocycles. The summed E-state index contributed by atoms with van der Waals surface area (Å²) >= 11 is -1.84. The largest absolute Gasteiger partial charge is 0.309 e. The average molecular weight is 194 g/mol. The van der Waals surface area contributed by atoms with E-state index in [1.807, 2.05) is 14.1 Å². The van der Waals surface area contributed by atoms with E-state index in [2.05, 4.69) is 9.62 Å². The zero-order chi connectivity index (χ0) is 9.40. The Bertz CT molecular complexity index is 131. The van der Waals surface area contributed by atoms with E-state index in [0.29, 0.717) is 6.54 Å². The van der Waals surface area contributed by atoms with Gasteiger partial charge in [-0.05, 0) is 33.5 Å². The third-order valence-corrected chi connectivity index (χ3v) is 1.96. The first-order valence-corrected chi connectivity index (χ1v) is 5.22. The number of nitrogens with one attached hydrogen (secondary N) is 1. The summed E-state index contributed by atoms with van der Waals surface area (Å²) in [6.45, 7) is 1.71. The summed E-state index contributed by atoms with van der Waals surface area (Å²) in [5.41, 5.74) is 0. The van der Waals surface area contributed by atoms with Crippen LogP contribution in [-0.2, 0) is 11.3 Å². The van der Waals surface area contributed by atoms with Crippen molar-refractivity contribution < 1.29 is 8.76 Å². The molecule has 0 fully saturated rings. The zero-order valence-corrected chi connectivity index (χ0v) is 8.56. The Balaban J connectivity index is 2.96. The van der Waals surface area contributed by atoms with Crippen molar-refractivity contribution in [3.63, 3.8) is 0 Å². The Morgan fingerprint density at radius 1 is 1.33 bits per heavy atom. The predicted octanol–water partition coefficient (Wildman–Crippen LogP) is 0.445. The van der Waals surface area contributed by atoms with E-state index in [1.54, 1.807) is 0 Å². The number of nitrogens with zero attached hydrogens (tertiary/aromatic N) is 1. The predicted molar refractivity (Wildman–Crippen MR) is 51.2 cm³/mol. The summed E-state index contributed by atoms with van der Waals surface area (Å²) in [5, 5.41) is 0. The summed E-state index contributed by atoms with van der Waals surface area (Å²) in [4.78, 5) is 2.14. The molecule has 0 radical (unpaired) electrons. The van der Waals surface area contributed by atoms with Gasteiger partial charge in [0.25, 0.3) is 0 Å². The van der Waals surface area contributed by atoms with Gasteiger partial charge in [-0.1, -0.05) is 6.42 Å². The molecule has 0 spiro atoms. The van der Waals surface area contributed by atoms with E-state index in [-0.39, 0.29) is 0 Å². The number of unbranched alkanes of at least 4 members (excludes halogenated alkanes) is 2. The molecule has 0 aliphatic carbocycles. The molecule has 12 heavy (non-hydrogen) atoms. The maximum absolute atomic E-state index is 10.1. The van der Waals surface area contributed by atoms with Crippen molar-refractivity contribution in [3.8, 4) is 0 Å². The van der Waals surface area contributed by atoms with Gasteiger partial charge in [-0.2, -0.15) is 0 Å². The quantitative estimate of drug-likeness (QED) is 0.457. The average Bonchev–Trinajstić information content (AvgIpc) is 1.95. The molecule has 0 aromatic heterocycles. The standard InChI is InChI=1S/C7H18N2O2S/c1-9(2)7-5-3-4-6-8-12(10)11/h8H,3-7H2,1-2H3,(H,10,11). The number of hydrogen-bond acceptors (Lipinski definition) is 2. The van der Waals surface area contributed by atoms with Crippen LogP contribution in [0.2, 0.25) is 0 Å². The van der Waals surface area contributed by atoms with E-state index >= 15 is 0 Å². The minimum Gasteiger partial charge on any atom is -0.309 e. The van der Waals surface area contributed by atoms with Gasteiger partial charge in [0.15, 0.2) is 0 Å². The molecule has 0 aromatic carbocycles. The molecule has 2 N–H and O–H groups in total. The molecule has 0 bridgehead atoms. The molecule has 0 heterocycles. The fourth-order valence-corrected chi connectivity index (χ4v) is 1.21. The first kappa shape index (κ1) is 12.0. The van der Waals surface area contributed by atoms with E-state index in [9.17, 15) is 4.21 Å². The SMILES string of the molecule is CN(C)CCCCCNS(=O)O. The van der Waals surface area contributed by atoms with Crippen LogP contribution in [0.25, 0.3) is 0 Å². The van der Waals surface area contributed by atoms with Gasteiger partial charge in [-0.25, -0.2) is 8.93 Å². The van der Waals surface area contributed by atoms with Gasteiger partial charge in [0.05, 0.1) is 0 Å². The Labute approximate surface area is 76.8 Å². The van der Waals surface area contributed by atoms with Crippen LogP contribution in [0.5, 0.6) is 0 Å². The fraction of sp³-hybridized carbons (Fsp3) is 1.00. The molecule has 0 saturated heterocycles. The molecule has 1 unspecified atom stereocenters. The lowest BCUT2D eigenvalue weighted by atomic mass is 10.2. The Hall–Kier alpha value is 0.0300. The summed E-state index contributed by atoms with van der Waals surface area (Å²) in [6.07, 6.45) is 3.20. The van der Waals surface area contributed by atoms with Crippen molar-refractivity contribution in [1.82, 2.24) is 9.62 Å². The van der Waals surface area contributed by atoms with Crippen molar-refractivity contribution in [2.24, 2.45) is 0 Å². The molecule has 0 aliphatic heterocycles. The van der Waals surface area contributed by atoms with Crippen LogP contribution >= 0.6 is 0 Å². The highest BCUT2D eigenvalue weighted by Gasteiger charge is 1.93. The van der Waals surface area contributed by atoms with Crippen molar-refractivity contribution in [2.45, 2.75) is 19.3 Å². The molecule has 0 aromatic rings. The molecule has 0 rings (SSSR count). The molecular weight excluding hydrogens is 176 g/mol. The topological polar surface area (TPSA) is 52.6 Å². The van der Waals surface area contributed by atoms with Gasteiger partial charge in [0.1, 0.15) is 0 Å². The fourth-order valence-electron chi connectivity index (χ4n) is 0.889. The highest BCUT2D eigenvalue weighted by atomic mass is 32.2. The molecule has 4 nitrogen and oxygen atoms in total. The van der Waals surface area contributed by atoms with Crippen molar-refractivity contribution in [3.05, 3.63) is 0 Å². The maximum atomic E-state index is 10.1. The van der Waals surface area contributed by atoms with E-state index in [4.69, 9.17) is 4.55 Å². The van der Waals surface area contributed by atoms with Gasteiger partial charge in [-0.3, -0.25) is 4.55 Å².